The SMILES string of the molecule is CC([C@H]1CO1)N(C(=O)O)c1cc(F)cc(F)c1. The molecule has 0 spiro atoms. The molecule has 1 fully saturated rings. The molecule has 0 radical (unpaired) electrons. The smallest absolute Gasteiger partial charge is 0.412 e. The maximum absolute atomic E-state index is 13.0. The van der Waals surface area contributed by atoms with E-state index < -0.39 is 23.8 Å². The van der Waals surface area contributed by atoms with Crippen molar-refractivity contribution in [2.24, 2.45) is 0 Å². The minimum atomic E-state index is -1.27. The van der Waals surface area contributed by atoms with Crippen LogP contribution in [-0.2, 0) is 4.74 Å². The van der Waals surface area contributed by atoms with Gasteiger partial charge in [0.15, 0.2) is 0 Å². The van der Waals surface area contributed by atoms with E-state index in [0.717, 1.165) is 17.0 Å². The van der Waals surface area contributed by atoms with Gasteiger partial charge in [0.05, 0.1) is 18.3 Å². The number of ether oxygens (including phenoxy) is 1. The highest BCUT2D eigenvalue weighted by atomic mass is 19.1. The molecule has 1 aromatic carbocycles. The maximum Gasteiger partial charge on any atom is 0.412 e. The highest BCUT2D eigenvalue weighted by Gasteiger charge is 2.36. The first kappa shape index (κ1) is 11.8. The lowest BCUT2D eigenvalue weighted by atomic mass is 10.2. The van der Waals surface area contributed by atoms with Gasteiger partial charge < -0.3 is 9.84 Å². The van der Waals surface area contributed by atoms with Gasteiger partial charge in [-0.25, -0.2) is 13.6 Å². The predicted octanol–water partition coefficient (Wildman–Crippen LogP) is 2.24. The molecule has 2 rings (SSSR count). The van der Waals surface area contributed by atoms with Crippen LogP contribution in [0, 0.1) is 11.6 Å². The van der Waals surface area contributed by atoms with Gasteiger partial charge in [-0.05, 0) is 19.1 Å². The first-order valence-electron chi connectivity index (χ1n) is 5.09. The molecule has 1 amide bonds. The number of rotatable bonds is 3. The zero-order chi connectivity index (χ0) is 12.6. The van der Waals surface area contributed by atoms with Gasteiger partial charge in [0, 0.05) is 6.07 Å². The summed E-state index contributed by atoms with van der Waals surface area (Å²) in [4.78, 5) is 12.0. The summed E-state index contributed by atoms with van der Waals surface area (Å²) in [5.41, 5.74) is -0.0296. The third-order valence-corrected chi connectivity index (χ3v) is 2.64. The molecule has 1 aliphatic rings. The van der Waals surface area contributed by atoms with Crippen LogP contribution in [0.25, 0.3) is 0 Å². The van der Waals surface area contributed by atoms with Crippen molar-refractivity contribution >= 4 is 11.8 Å². The number of nitrogens with zero attached hydrogens (tertiary/aromatic N) is 1. The van der Waals surface area contributed by atoms with E-state index in [-0.39, 0.29) is 11.8 Å². The van der Waals surface area contributed by atoms with Crippen molar-refractivity contribution in [3.63, 3.8) is 0 Å². The van der Waals surface area contributed by atoms with Crippen LogP contribution in [-0.4, -0.2) is 30.0 Å². The van der Waals surface area contributed by atoms with E-state index in [1.54, 1.807) is 6.92 Å². The lowest BCUT2D eigenvalue weighted by Crippen LogP contribution is -2.41. The zero-order valence-corrected chi connectivity index (χ0v) is 9.06. The van der Waals surface area contributed by atoms with Crippen LogP contribution in [0.4, 0.5) is 19.3 Å². The Morgan fingerprint density at radius 3 is 2.41 bits per heavy atom. The molecular formula is C11H11F2NO3. The van der Waals surface area contributed by atoms with E-state index in [4.69, 9.17) is 9.84 Å². The Kier molecular flexibility index (Phi) is 2.97. The fourth-order valence-corrected chi connectivity index (χ4v) is 1.70. The van der Waals surface area contributed by atoms with Gasteiger partial charge in [-0.3, -0.25) is 4.90 Å². The van der Waals surface area contributed by atoms with Gasteiger partial charge in [-0.2, -0.15) is 0 Å². The second-order valence-electron chi connectivity index (χ2n) is 3.89. The number of carbonyl (C=O) groups is 1. The van der Waals surface area contributed by atoms with Gasteiger partial charge >= 0.3 is 6.09 Å². The lowest BCUT2D eigenvalue weighted by molar-refractivity contribution is 0.197. The Balaban J connectivity index is 2.34. The number of anilines is 1. The highest BCUT2D eigenvalue weighted by Crippen LogP contribution is 2.26. The van der Waals surface area contributed by atoms with E-state index in [2.05, 4.69) is 0 Å². The van der Waals surface area contributed by atoms with E-state index in [0.29, 0.717) is 12.7 Å². The normalized spacial score (nSPS) is 19.8. The van der Waals surface area contributed by atoms with Gasteiger partial charge in [-0.1, -0.05) is 0 Å². The largest absolute Gasteiger partial charge is 0.465 e. The van der Waals surface area contributed by atoms with Crippen LogP contribution in [0.5, 0.6) is 0 Å². The van der Waals surface area contributed by atoms with Gasteiger partial charge in [0.25, 0.3) is 0 Å². The molecule has 1 unspecified atom stereocenters. The first-order valence-corrected chi connectivity index (χ1v) is 5.09. The number of benzene rings is 1. The minimum Gasteiger partial charge on any atom is -0.465 e. The lowest BCUT2D eigenvalue weighted by Gasteiger charge is -2.25. The van der Waals surface area contributed by atoms with Crippen LogP contribution >= 0.6 is 0 Å². The van der Waals surface area contributed by atoms with Crippen LogP contribution in [0.1, 0.15) is 6.92 Å². The molecule has 1 saturated heterocycles. The Bertz CT molecular complexity index is 428. The fourth-order valence-electron chi connectivity index (χ4n) is 1.70. The topological polar surface area (TPSA) is 53.1 Å². The third-order valence-electron chi connectivity index (χ3n) is 2.64. The summed E-state index contributed by atoms with van der Waals surface area (Å²) in [6.07, 6.45) is -1.48. The highest BCUT2D eigenvalue weighted by molar-refractivity contribution is 5.86. The van der Waals surface area contributed by atoms with E-state index in [9.17, 15) is 13.6 Å². The monoisotopic (exact) mass is 243 g/mol. The van der Waals surface area contributed by atoms with Crippen molar-refractivity contribution in [2.45, 2.75) is 19.1 Å². The van der Waals surface area contributed by atoms with Gasteiger partial charge in [0.1, 0.15) is 17.7 Å². The second kappa shape index (κ2) is 4.29. The molecule has 0 bridgehead atoms. The minimum absolute atomic E-state index is 0.0296. The average Bonchev–Trinajstić information content (AvgIpc) is 2.97. The number of carboxylic acid groups (broad SMARTS) is 1. The standard InChI is InChI=1S/C11H11F2NO3/c1-6(10-5-17-10)14(11(15)16)9-3-7(12)2-8(13)4-9/h2-4,6,10H,5H2,1H3,(H,15,16)/t6?,10-/m1/s1. The molecule has 4 nitrogen and oxygen atoms in total. The molecule has 1 heterocycles. The second-order valence-corrected chi connectivity index (χ2v) is 3.89. The van der Waals surface area contributed by atoms with Crippen molar-refractivity contribution < 1.29 is 23.4 Å². The Morgan fingerprint density at radius 1 is 1.47 bits per heavy atom. The maximum atomic E-state index is 13.0. The van der Waals surface area contributed by atoms with Gasteiger partial charge in [-0.15, -0.1) is 0 Å². The van der Waals surface area contributed by atoms with Crippen LogP contribution < -0.4 is 4.90 Å². The average molecular weight is 243 g/mol. The van der Waals surface area contributed by atoms with Crippen molar-refractivity contribution in [1.82, 2.24) is 0 Å². The molecule has 0 saturated carbocycles. The fraction of sp³-hybridized carbons (Fsp3) is 0.364. The van der Waals surface area contributed by atoms with Crippen molar-refractivity contribution in [3.8, 4) is 0 Å². The van der Waals surface area contributed by atoms with Gasteiger partial charge in [0.2, 0.25) is 0 Å². The molecule has 1 N–H and O–H groups in total. The summed E-state index contributed by atoms with van der Waals surface area (Å²) in [6.45, 7) is 2.09. The number of hydrogen-bond acceptors (Lipinski definition) is 2. The predicted molar refractivity (Wildman–Crippen MR) is 56.1 cm³/mol. The number of hydrogen-bond donors (Lipinski definition) is 1. The summed E-state index contributed by atoms with van der Waals surface area (Å²) >= 11 is 0. The third kappa shape index (κ3) is 2.52. The van der Waals surface area contributed by atoms with Crippen LogP contribution in [0.15, 0.2) is 18.2 Å². The molecule has 6 heteroatoms. The van der Waals surface area contributed by atoms with Crippen molar-refractivity contribution in [3.05, 3.63) is 29.8 Å². The molecule has 2 atom stereocenters. The summed E-state index contributed by atoms with van der Waals surface area (Å²) in [5.74, 6) is -1.62. The first-order chi connectivity index (χ1) is 7.99. The molecular weight excluding hydrogens is 232 g/mol. The van der Waals surface area contributed by atoms with E-state index >= 15 is 0 Å². The molecule has 92 valence electrons. The number of amides is 1. The summed E-state index contributed by atoms with van der Waals surface area (Å²) in [5, 5.41) is 9.08. The van der Waals surface area contributed by atoms with E-state index in [1.807, 2.05) is 0 Å². The van der Waals surface area contributed by atoms with Crippen LogP contribution in [0.3, 0.4) is 0 Å². The molecule has 17 heavy (non-hydrogen) atoms. The molecule has 0 aromatic heterocycles. The van der Waals surface area contributed by atoms with Crippen LogP contribution in [0.2, 0.25) is 0 Å². The van der Waals surface area contributed by atoms with Crippen molar-refractivity contribution in [2.75, 3.05) is 11.5 Å². The Hall–Kier alpha value is -1.69. The Labute approximate surface area is 96.4 Å². The van der Waals surface area contributed by atoms with Crippen molar-refractivity contribution in [1.29, 1.82) is 0 Å². The molecule has 1 aliphatic heterocycles. The van der Waals surface area contributed by atoms with E-state index in [1.165, 1.54) is 0 Å². The molecule has 1 aromatic rings. The zero-order valence-electron chi connectivity index (χ0n) is 9.06. The number of halogens is 2. The Morgan fingerprint density at radius 2 is 2.00 bits per heavy atom. The quantitative estimate of drug-likeness (QED) is 0.828. The number of epoxide rings is 1. The molecule has 0 aliphatic carbocycles. The summed E-state index contributed by atoms with van der Waals surface area (Å²) in [6, 6.07) is 2.18. The summed E-state index contributed by atoms with van der Waals surface area (Å²) in [7, 11) is 0. The summed E-state index contributed by atoms with van der Waals surface area (Å²) < 4.78 is 31.1.